The number of hydrogen-bond donors (Lipinski definition) is 1. The molecule has 2 aromatic carbocycles. The molecule has 27 heavy (non-hydrogen) atoms. The summed E-state index contributed by atoms with van der Waals surface area (Å²) < 4.78 is 32.3. The number of rotatable bonds is 8. The SMILES string of the molecule is CC(C)NC(=O)[C@H](C)Oc1ccc(S(=O)(=O)N(C)Cc2ccccc2)cc1. The van der Waals surface area contributed by atoms with E-state index in [1.165, 1.54) is 16.4 Å². The van der Waals surface area contributed by atoms with E-state index in [1.54, 1.807) is 26.1 Å². The van der Waals surface area contributed by atoms with E-state index in [0.29, 0.717) is 5.75 Å². The van der Waals surface area contributed by atoms with E-state index in [9.17, 15) is 13.2 Å². The number of sulfonamides is 1. The zero-order chi connectivity index (χ0) is 20.0. The van der Waals surface area contributed by atoms with Crippen LogP contribution >= 0.6 is 0 Å². The van der Waals surface area contributed by atoms with Gasteiger partial charge in [0.1, 0.15) is 5.75 Å². The first-order valence-corrected chi connectivity index (χ1v) is 10.2. The zero-order valence-corrected chi connectivity index (χ0v) is 16.9. The van der Waals surface area contributed by atoms with Gasteiger partial charge in [0.15, 0.2) is 6.10 Å². The molecule has 146 valence electrons. The summed E-state index contributed by atoms with van der Waals surface area (Å²) in [6.45, 7) is 5.68. The number of carbonyl (C=O) groups excluding carboxylic acids is 1. The number of amides is 1. The minimum absolute atomic E-state index is 0.0243. The Morgan fingerprint density at radius 2 is 1.63 bits per heavy atom. The Morgan fingerprint density at radius 1 is 1.04 bits per heavy atom. The first-order chi connectivity index (χ1) is 12.7. The Balaban J connectivity index is 2.05. The fourth-order valence-corrected chi connectivity index (χ4v) is 3.61. The van der Waals surface area contributed by atoms with E-state index < -0.39 is 16.1 Å². The molecule has 0 aliphatic carbocycles. The van der Waals surface area contributed by atoms with Gasteiger partial charge in [-0.05, 0) is 50.6 Å². The van der Waals surface area contributed by atoms with Crippen LogP contribution in [0.25, 0.3) is 0 Å². The molecule has 0 aliphatic rings. The molecule has 6 nitrogen and oxygen atoms in total. The third kappa shape index (κ3) is 5.80. The van der Waals surface area contributed by atoms with Crippen LogP contribution in [0, 0.1) is 0 Å². The van der Waals surface area contributed by atoms with Crippen molar-refractivity contribution in [2.75, 3.05) is 7.05 Å². The monoisotopic (exact) mass is 390 g/mol. The molecule has 7 heteroatoms. The molecule has 0 saturated heterocycles. The number of nitrogens with zero attached hydrogens (tertiary/aromatic N) is 1. The van der Waals surface area contributed by atoms with Crippen molar-refractivity contribution in [3.05, 3.63) is 60.2 Å². The van der Waals surface area contributed by atoms with Crippen molar-refractivity contribution in [2.24, 2.45) is 0 Å². The fourth-order valence-electron chi connectivity index (χ4n) is 2.46. The number of hydrogen-bond acceptors (Lipinski definition) is 4. The number of nitrogens with one attached hydrogen (secondary N) is 1. The molecule has 0 bridgehead atoms. The van der Waals surface area contributed by atoms with Crippen molar-refractivity contribution in [1.82, 2.24) is 9.62 Å². The van der Waals surface area contributed by atoms with Gasteiger partial charge in [0.2, 0.25) is 10.0 Å². The van der Waals surface area contributed by atoms with Gasteiger partial charge in [0.25, 0.3) is 5.91 Å². The summed E-state index contributed by atoms with van der Waals surface area (Å²) in [5.41, 5.74) is 0.911. The van der Waals surface area contributed by atoms with Crippen molar-refractivity contribution in [3.63, 3.8) is 0 Å². The van der Waals surface area contributed by atoms with Gasteiger partial charge >= 0.3 is 0 Å². The van der Waals surface area contributed by atoms with Crippen LogP contribution in [0.4, 0.5) is 0 Å². The molecule has 2 rings (SSSR count). The van der Waals surface area contributed by atoms with Crippen LogP contribution in [0.15, 0.2) is 59.5 Å². The van der Waals surface area contributed by atoms with Gasteiger partial charge < -0.3 is 10.1 Å². The molecule has 0 radical (unpaired) electrons. The maximum Gasteiger partial charge on any atom is 0.260 e. The summed E-state index contributed by atoms with van der Waals surface area (Å²) >= 11 is 0. The van der Waals surface area contributed by atoms with Gasteiger partial charge in [0.05, 0.1) is 4.90 Å². The largest absolute Gasteiger partial charge is 0.481 e. The molecule has 0 aliphatic heterocycles. The molecule has 0 unspecified atom stereocenters. The lowest BCUT2D eigenvalue weighted by molar-refractivity contribution is -0.127. The van der Waals surface area contributed by atoms with Crippen LogP contribution in [0.3, 0.4) is 0 Å². The average Bonchev–Trinajstić information content (AvgIpc) is 2.62. The minimum Gasteiger partial charge on any atom is -0.481 e. The van der Waals surface area contributed by atoms with Crippen LogP contribution in [0.2, 0.25) is 0 Å². The summed E-state index contributed by atoms with van der Waals surface area (Å²) in [6, 6.07) is 15.5. The predicted molar refractivity (Wildman–Crippen MR) is 105 cm³/mol. The molecule has 0 fully saturated rings. The van der Waals surface area contributed by atoms with E-state index in [4.69, 9.17) is 4.74 Å². The van der Waals surface area contributed by atoms with Gasteiger partial charge in [-0.15, -0.1) is 0 Å². The lowest BCUT2D eigenvalue weighted by Gasteiger charge is -2.18. The summed E-state index contributed by atoms with van der Waals surface area (Å²) in [5, 5.41) is 2.77. The molecule has 1 N–H and O–H groups in total. The standard InChI is InChI=1S/C20H26N2O4S/c1-15(2)21-20(23)16(3)26-18-10-12-19(13-11-18)27(24,25)22(4)14-17-8-6-5-7-9-17/h5-13,15-16H,14H2,1-4H3,(H,21,23)/t16-/m0/s1. The topological polar surface area (TPSA) is 75.7 Å². The zero-order valence-electron chi connectivity index (χ0n) is 16.0. The predicted octanol–water partition coefficient (Wildman–Crippen LogP) is 2.80. The van der Waals surface area contributed by atoms with Crippen LogP contribution in [-0.4, -0.2) is 37.8 Å². The molecular formula is C20H26N2O4S. The Kier molecular flexibility index (Phi) is 6.98. The smallest absolute Gasteiger partial charge is 0.260 e. The maximum atomic E-state index is 12.7. The van der Waals surface area contributed by atoms with Gasteiger partial charge in [-0.1, -0.05) is 30.3 Å². The van der Waals surface area contributed by atoms with Gasteiger partial charge in [-0.25, -0.2) is 8.42 Å². The number of benzene rings is 2. The summed E-state index contributed by atoms with van der Waals surface area (Å²) in [6.07, 6.45) is -0.671. The second-order valence-electron chi connectivity index (χ2n) is 6.64. The highest BCUT2D eigenvalue weighted by Crippen LogP contribution is 2.21. The Morgan fingerprint density at radius 3 is 2.19 bits per heavy atom. The maximum absolute atomic E-state index is 12.7. The number of carbonyl (C=O) groups is 1. The minimum atomic E-state index is -3.62. The normalized spacial score (nSPS) is 12.8. The van der Waals surface area contributed by atoms with Gasteiger partial charge in [0, 0.05) is 19.6 Å². The summed E-state index contributed by atoms with van der Waals surface area (Å²) in [4.78, 5) is 12.1. The van der Waals surface area contributed by atoms with E-state index in [2.05, 4.69) is 5.32 Å². The first kappa shape index (κ1) is 20.9. The van der Waals surface area contributed by atoms with Crippen molar-refractivity contribution in [1.29, 1.82) is 0 Å². The first-order valence-electron chi connectivity index (χ1n) is 8.77. The van der Waals surface area contributed by atoms with E-state index >= 15 is 0 Å². The summed E-state index contributed by atoms with van der Waals surface area (Å²) in [7, 11) is -2.07. The Bertz CT molecular complexity index is 849. The third-order valence-electron chi connectivity index (χ3n) is 3.89. The van der Waals surface area contributed by atoms with Crippen molar-refractivity contribution >= 4 is 15.9 Å². The van der Waals surface area contributed by atoms with Crippen molar-refractivity contribution in [2.45, 2.75) is 44.4 Å². The van der Waals surface area contributed by atoms with E-state index in [0.717, 1.165) is 5.56 Å². The van der Waals surface area contributed by atoms with Crippen molar-refractivity contribution in [3.8, 4) is 5.75 Å². The molecule has 1 amide bonds. The lowest BCUT2D eigenvalue weighted by atomic mass is 10.2. The molecule has 1 atom stereocenters. The van der Waals surface area contributed by atoms with Gasteiger partial charge in [-0.2, -0.15) is 4.31 Å². The highest BCUT2D eigenvalue weighted by Gasteiger charge is 2.21. The molecule has 2 aromatic rings. The van der Waals surface area contributed by atoms with Crippen LogP contribution in [0.1, 0.15) is 26.3 Å². The highest BCUT2D eigenvalue weighted by atomic mass is 32.2. The van der Waals surface area contributed by atoms with Crippen LogP contribution in [-0.2, 0) is 21.4 Å². The van der Waals surface area contributed by atoms with Gasteiger partial charge in [-0.3, -0.25) is 4.79 Å². The average molecular weight is 391 g/mol. The highest BCUT2D eigenvalue weighted by molar-refractivity contribution is 7.89. The molecule has 0 heterocycles. The second-order valence-corrected chi connectivity index (χ2v) is 8.69. The van der Waals surface area contributed by atoms with E-state index in [-0.39, 0.29) is 23.4 Å². The molecular weight excluding hydrogens is 364 g/mol. The van der Waals surface area contributed by atoms with Crippen molar-refractivity contribution < 1.29 is 17.9 Å². The Labute approximate surface area is 161 Å². The quantitative estimate of drug-likeness (QED) is 0.752. The Hall–Kier alpha value is -2.38. The van der Waals surface area contributed by atoms with Crippen LogP contribution < -0.4 is 10.1 Å². The van der Waals surface area contributed by atoms with Crippen LogP contribution in [0.5, 0.6) is 5.75 Å². The lowest BCUT2D eigenvalue weighted by Crippen LogP contribution is -2.40. The summed E-state index contributed by atoms with van der Waals surface area (Å²) in [5.74, 6) is 0.218. The molecule has 0 aromatic heterocycles. The third-order valence-corrected chi connectivity index (χ3v) is 5.71. The second kappa shape index (κ2) is 9.01. The van der Waals surface area contributed by atoms with E-state index in [1.807, 2.05) is 44.2 Å². The molecule has 0 saturated carbocycles. The molecule has 0 spiro atoms. The fraction of sp³-hybridized carbons (Fsp3) is 0.350. The number of ether oxygens (including phenoxy) is 1.